The van der Waals surface area contributed by atoms with Gasteiger partial charge in [0.15, 0.2) is 0 Å². The largest absolute Gasteiger partial charge is 0.355 e. The highest BCUT2D eigenvalue weighted by Crippen LogP contribution is 2.09. The minimum atomic E-state index is 0.0945. The Kier molecular flexibility index (Phi) is 4.54. The smallest absolute Gasteiger partial charge is 0.233 e. The first-order valence-electron chi connectivity index (χ1n) is 4.98. The van der Waals surface area contributed by atoms with Gasteiger partial charge in [-0.3, -0.25) is 4.79 Å². The fraction of sp³-hybridized carbons (Fsp3) is 0.700. The van der Waals surface area contributed by atoms with Crippen LogP contribution in [0.5, 0.6) is 0 Å². The van der Waals surface area contributed by atoms with Crippen molar-refractivity contribution in [1.29, 1.82) is 0 Å². The summed E-state index contributed by atoms with van der Waals surface area (Å²) in [5.74, 6) is 0.0945. The van der Waals surface area contributed by atoms with Crippen molar-refractivity contribution in [2.75, 3.05) is 13.1 Å². The van der Waals surface area contributed by atoms with E-state index < -0.39 is 0 Å². The molecule has 13 heavy (non-hydrogen) atoms. The predicted molar refractivity (Wildman–Crippen MR) is 53.5 cm³/mol. The number of hydrogen-bond acceptors (Lipinski definition) is 2. The molecule has 3 nitrogen and oxygen atoms in total. The highest BCUT2D eigenvalue weighted by molar-refractivity contribution is 5.77. The summed E-state index contributed by atoms with van der Waals surface area (Å²) in [4.78, 5) is 11.1. The van der Waals surface area contributed by atoms with E-state index in [0.29, 0.717) is 19.1 Å². The molecule has 3 heteroatoms. The fourth-order valence-corrected chi connectivity index (χ4v) is 1.48. The zero-order chi connectivity index (χ0) is 9.52. The van der Waals surface area contributed by atoms with Crippen LogP contribution < -0.4 is 10.6 Å². The zero-order valence-electron chi connectivity index (χ0n) is 8.18. The molecule has 0 spiro atoms. The molecule has 0 bridgehead atoms. The SMILES string of the molecule is CCNC(=O)CNC1CC=CCC1. The van der Waals surface area contributed by atoms with Crippen molar-refractivity contribution in [3.05, 3.63) is 12.2 Å². The normalized spacial score (nSPS) is 21.5. The Labute approximate surface area is 79.6 Å². The van der Waals surface area contributed by atoms with Gasteiger partial charge in [-0.2, -0.15) is 0 Å². The second-order valence-electron chi connectivity index (χ2n) is 3.32. The van der Waals surface area contributed by atoms with Crippen LogP contribution in [0.25, 0.3) is 0 Å². The summed E-state index contributed by atoms with van der Waals surface area (Å²) >= 11 is 0. The van der Waals surface area contributed by atoms with E-state index in [9.17, 15) is 4.79 Å². The minimum absolute atomic E-state index is 0.0945. The van der Waals surface area contributed by atoms with E-state index in [1.165, 1.54) is 0 Å². The first-order valence-corrected chi connectivity index (χ1v) is 4.98. The van der Waals surface area contributed by atoms with Crippen molar-refractivity contribution < 1.29 is 4.79 Å². The Morgan fingerprint density at radius 3 is 3.00 bits per heavy atom. The third kappa shape index (κ3) is 4.08. The third-order valence-corrected chi connectivity index (χ3v) is 2.19. The van der Waals surface area contributed by atoms with Crippen LogP contribution >= 0.6 is 0 Å². The molecule has 2 N–H and O–H groups in total. The Bertz CT molecular complexity index is 189. The second-order valence-corrected chi connectivity index (χ2v) is 3.32. The van der Waals surface area contributed by atoms with E-state index >= 15 is 0 Å². The number of carbonyl (C=O) groups is 1. The number of amides is 1. The first-order chi connectivity index (χ1) is 6.33. The van der Waals surface area contributed by atoms with Crippen molar-refractivity contribution >= 4 is 5.91 Å². The molecule has 0 aromatic carbocycles. The van der Waals surface area contributed by atoms with E-state index in [4.69, 9.17) is 0 Å². The van der Waals surface area contributed by atoms with Crippen molar-refractivity contribution in [3.63, 3.8) is 0 Å². The third-order valence-electron chi connectivity index (χ3n) is 2.19. The zero-order valence-corrected chi connectivity index (χ0v) is 8.18. The fourth-order valence-electron chi connectivity index (χ4n) is 1.48. The maximum Gasteiger partial charge on any atom is 0.233 e. The van der Waals surface area contributed by atoms with Crippen LogP contribution in [0.2, 0.25) is 0 Å². The lowest BCUT2D eigenvalue weighted by atomic mass is 10.0. The molecule has 74 valence electrons. The molecule has 0 fully saturated rings. The monoisotopic (exact) mass is 182 g/mol. The average Bonchev–Trinajstić information content (AvgIpc) is 2.17. The topological polar surface area (TPSA) is 41.1 Å². The lowest BCUT2D eigenvalue weighted by molar-refractivity contribution is -0.120. The number of allylic oxidation sites excluding steroid dienone is 1. The van der Waals surface area contributed by atoms with E-state index in [-0.39, 0.29) is 5.91 Å². The molecule has 1 rings (SSSR count). The van der Waals surface area contributed by atoms with Gasteiger partial charge in [-0.25, -0.2) is 0 Å². The summed E-state index contributed by atoms with van der Waals surface area (Å²) in [5.41, 5.74) is 0. The highest BCUT2D eigenvalue weighted by Gasteiger charge is 2.09. The minimum Gasteiger partial charge on any atom is -0.355 e. The summed E-state index contributed by atoms with van der Waals surface area (Å²) in [7, 11) is 0. The van der Waals surface area contributed by atoms with E-state index in [0.717, 1.165) is 19.3 Å². The number of rotatable bonds is 4. The molecule has 0 aromatic rings. The maximum absolute atomic E-state index is 11.1. The molecule has 1 aliphatic rings. The Morgan fingerprint density at radius 1 is 1.54 bits per heavy atom. The number of nitrogens with one attached hydrogen (secondary N) is 2. The molecular weight excluding hydrogens is 164 g/mol. The van der Waals surface area contributed by atoms with Crippen LogP contribution in [0.15, 0.2) is 12.2 Å². The van der Waals surface area contributed by atoms with Gasteiger partial charge in [-0.1, -0.05) is 12.2 Å². The summed E-state index contributed by atoms with van der Waals surface area (Å²) < 4.78 is 0. The standard InChI is InChI=1S/C10H18N2O/c1-2-11-10(13)8-12-9-6-4-3-5-7-9/h3-4,9,12H,2,5-8H2,1H3,(H,11,13). The van der Waals surface area contributed by atoms with Gasteiger partial charge in [0.25, 0.3) is 0 Å². The van der Waals surface area contributed by atoms with Crippen molar-refractivity contribution in [1.82, 2.24) is 10.6 Å². The van der Waals surface area contributed by atoms with Crippen LogP contribution in [0.4, 0.5) is 0 Å². The number of carbonyl (C=O) groups excluding carboxylic acids is 1. The predicted octanol–water partition coefficient (Wildman–Crippen LogP) is 0.821. The second kappa shape index (κ2) is 5.75. The molecule has 0 saturated heterocycles. The average molecular weight is 182 g/mol. The van der Waals surface area contributed by atoms with E-state index in [1.54, 1.807) is 0 Å². The highest BCUT2D eigenvalue weighted by atomic mass is 16.1. The van der Waals surface area contributed by atoms with Crippen LogP contribution in [0.1, 0.15) is 26.2 Å². The maximum atomic E-state index is 11.1. The Morgan fingerprint density at radius 2 is 2.38 bits per heavy atom. The van der Waals surface area contributed by atoms with E-state index in [2.05, 4.69) is 22.8 Å². The molecule has 0 saturated carbocycles. The van der Waals surface area contributed by atoms with Gasteiger partial charge in [-0.15, -0.1) is 0 Å². The van der Waals surface area contributed by atoms with Gasteiger partial charge in [0.05, 0.1) is 6.54 Å². The summed E-state index contributed by atoms with van der Waals surface area (Å²) in [6, 6.07) is 0.493. The van der Waals surface area contributed by atoms with Crippen molar-refractivity contribution in [3.8, 4) is 0 Å². The van der Waals surface area contributed by atoms with Crippen LogP contribution in [-0.4, -0.2) is 25.0 Å². The number of likely N-dealkylation sites (N-methyl/N-ethyl adjacent to an activating group) is 1. The molecule has 0 radical (unpaired) electrons. The molecule has 1 amide bonds. The van der Waals surface area contributed by atoms with Gasteiger partial charge in [0.1, 0.15) is 0 Å². The molecule has 0 heterocycles. The lowest BCUT2D eigenvalue weighted by Gasteiger charge is -2.18. The Balaban J connectivity index is 2.11. The number of hydrogen-bond donors (Lipinski definition) is 2. The van der Waals surface area contributed by atoms with Gasteiger partial charge in [0, 0.05) is 12.6 Å². The van der Waals surface area contributed by atoms with Gasteiger partial charge in [-0.05, 0) is 26.2 Å². The van der Waals surface area contributed by atoms with Gasteiger partial charge < -0.3 is 10.6 Å². The van der Waals surface area contributed by atoms with Gasteiger partial charge >= 0.3 is 0 Å². The van der Waals surface area contributed by atoms with Crippen LogP contribution in [-0.2, 0) is 4.79 Å². The summed E-state index contributed by atoms with van der Waals surface area (Å²) in [6.07, 6.45) is 7.71. The molecular formula is C10H18N2O. The van der Waals surface area contributed by atoms with Crippen LogP contribution in [0.3, 0.4) is 0 Å². The molecule has 1 unspecified atom stereocenters. The quantitative estimate of drug-likeness (QED) is 0.632. The molecule has 1 aliphatic carbocycles. The van der Waals surface area contributed by atoms with Gasteiger partial charge in [0.2, 0.25) is 5.91 Å². The van der Waals surface area contributed by atoms with Crippen LogP contribution in [0, 0.1) is 0 Å². The first kappa shape index (κ1) is 10.3. The lowest BCUT2D eigenvalue weighted by Crippen LogP contribution is -2.39. The Hall–Kier alpha value is -0.830. The molecule has 0 aromatic heterocycles. The van der Waals surface area contributed by atoms with Crippen molar-refractivity contribution in [2.45, 2.75) is 32.2 Å². The summed E-state index contributed by atoms with van der Waals surface area (Å²) in [6.45, 7) is 3.10. The van der Waals surface area contributed by atoms with Crippen molar-refractivity contribution in [2.24, 2.45) is 0 Å². The molecule has 0 aliphatic heterocycles. The molecule has 1 atom stereocenters. The summed E-state index contributed by atoms with van der Waals surface area (Å²) in [5, 5.41) is 6.01. The van der Waals surface area contributed by atoms with E-state index in [1.807, 2.05) is 6.92 Å².